The molecule has 230 valence electrons. The highest BCUT2D eigenvalue weighted by atomic mass is 15.1. The normalized spacial score (nSPS) is 23.8. The smallest absolute Gasteiger partial charge is 0.0447 e. The van der Waals surface area contributed by atoms with E-state index in [1.54, 1.807) is 5.57 Å². The zero-order valence-electron chi connectivity index (χ0n) is 28.5. The molecule has 42 heavy (non-hydrogen) atoms. The van der Waals surface area contributed by atoms with E-state index in [2.05, 4.69) is 112 Å². The summed E-state index contributed by atoms with van der Waals surface area (Å²) in [4.78, 5) is 0. The van der Waals surface area contributed by atoms with Crippen LogP contribution in [0.5, 0.6) is 0 Å². The molecule has 1 heterocycles. The zero-order valence-corrected chi connectivity index (χ0v) is 28.5. The van der Waals surface area contributed by atoms with E-state index in [4.69, 9.17) is 0 Å². The van der Waals surface area contributed by atoms with Crippen LogP contribution in [0.25, 0.3) is 0 Å². The first-order valence-corrected chi connectivity index (χ1v) is 17.2. The van der Waals surface area contributed by atoms with Crippen LogP contribution in [0.2, 0.25) is 0 Å². The van der Waals surface area contributed by atoms with Gasteiger partial charge in [-0.25, -0.2) is 0 Å². The third kappa shape index (κ3) is 11.2. The van der Waals surface area contributed by atoms with Crippen molar-refractivity contribution in [3.05, 3.63) is 112 Å². The van der Waals surface area contributed by atoms with Crippen molar-refractivity contribution in [1.82, 2.24) is 5.32 Å². The minimum absolute atomic E-state index is 0.653. The fraction of sp³-hybridized carbons (Fsp3) is 0.537. The molecule has 5 unspecified atom stereocenters. The van der Waals surface area contributed by atoms with Gasteiger partial charge in [-0.05, 0) is 97.1 Å². The summed E-state index contributed by atoms with van der Waals surface area (Å²) in [5.74, 6) is 3.13. The van der Waals surface area contributed by atoms with Crippen LogP contribution >= 0.6 is 0 Å². The van der Waals surface area contributed by atoms with E-state index in [1.165, 1.54) is 59.9 Å². The lowest BCUT2D eigenvalue weighted by Gasteiger charge is -2.24. The molecule has 2 fully saturated rings. The zero-order chi connectivity index (χ0) is 30.9. The van der Waals surface area contributed by atoms with Gasteiger partial charge in [0, 0.05) is 12.6 Å². The molecule has 2 aliphatic carbocycles. The van der Waals surface area contributed by atoms with Gasteiger partial charge in [-0.1, -0.05) is 140 Å². The van der Waals surface area contributed by atoms with Crippen LogP contribution in [-0.4, -0.2) is 6.54 Å². The standard InChI is InChI=1S/C26H34.C11H15N.2C2H6/c1-5-21-13-15-23(16-14-21)20(4)22(6-2)17-24-18-26(24)25-12-10-8-7-9-11-19(25)3;1-2-3-9-4-6-10(7-5-9)11-8-12-11;2*1-2/h7,9-11,13-16,20,22,24,26H,5-6,12,17-18H2,1-4H3;4-7,11-12H,2-3,8H2,1H3;2*1-2H3/b11-9-,25-19+;;;. The van der Waals surface area contributed by atoms with Crippen LogP contribution in [-0.2, 0) is 12.8 Å². The first kappa shape index (κ1) is 35.6. The molecule has 2 aromatic rings. The molecular weight excluding hydrogens is 506 g/mol. The van der Waals surface area contributed by atoms with E-state index >= 15 is 0 Å². The van der Waals surface area contributed by atoms with E-state index in [0.29, 0.717) is 12.0 Å². The SMILES string of the molecule is CC.CC.CCCc1ccc(C2CN2)cc1.CCc1ccc(C(C)C(CC)CC2CC2/C2=C(C)/C=C\C=C=CC2)cc1. The second kappa shape index (κ2) is 19.6. The Hall–Kier alpha value is -2.60. The number of aryl methyl sites for hydroxylation is 2. The monoisotopic (exact) mass is 567 g/mol. The van der Waals surface area contributed by atoms with E-state index in [1.807, 2.05) is 33.8 Å². The minimum Gasteiger partial charge on any atom is -0.307 e. The Morgan fingerprint density at radius 1 is 0.905 bits per heavy atom. The first-order valence-electron chi connectivity index (χ1n) is 17.2. The quantitative estimate of drug-likeness (QED) is 0.224. The molecule has 0 amide bonds. The van der Waals surface area contributed by atoms with Crippen LogP contribution in [0.3, 0.4) is 0 Å². The van der Waals surface area contributed by atoms with Gasteiger partial charge < -0.3 is 5.32 Å². The molecule has 1 N–H and O–H groups in total. The molecular formula is C41H61N. The number of nitrogens with one attached hydrogen (secondary N) is 1. The maximum atomic E-state index is 3.30. The number of benzene rings is 2. The summed E-state index contributed by atoms with van der Waals surface area (Å²) in [6.45, 7) is 20.7. The lowest BCUT2D eigenvalue weighted by Crippen LogP contribution is -2.11. The van der Waals surface area contributed by atoms with Crippen LogP contribution in [0, 0.1) is 17.8 Å². The Morgan fingerprint density at radius 2 is 1.55 bits per heavy atom. The lowest BCUT2D eigenvalue weighted by molar-refractivity contribution is 0.375. The molecule has 0 radical (unpaired) electrons. The molecule has 1 saturated heterocycles. The number of hydrogen-bond acceptors (Lipinski definition) is 1. The van der Waals surface area contributed by atoms with Gasteiger partial charge in [0.05, 0.1) is 0 Å². The van der Waals surface area contributed by atoms with Crippen LogP contribution in [0.15, 0.2) is 89.7 Å². The molecule has 3 aliphatic rings. The fourth-order valence-corrected chi connectivity index (χ4v) is 6.07. The van der Waals surface area contributed by atoms with Gasteiger partial charge in [0.2, 0.25) is 0 Å². The molecule has 1 heteroatoms. The van der Waals surface area contributed by atoms with Crippen molar-refractivity contribution in [3.8, 4) is 0 Å². The van der Waals surface area contributed by atoms with E-state index in [0.717, 1.165) is 37.1 Å². The van der Waals surface area contributed by atoms with Gasteiger partial charge in [-0.3, -0.25) is 0 Å². The van der Waals surface area contributed by atoms with E-state index in [-0.39, 0.29) is 0 Å². The van der Waals surface area contributed by atoms with Crippen molar-refractivity contribution < 1.29 is 0 Å². The fourth-order valence-electron chi connectivity index (χ4n) is 6.07. The Morgan fingerprint density at radius 3 is 2.12 bits per heavy atom. The van der Waals surface area contributed by atoms with Gasteiger partial charge in [0.25, 0.3) is 0 Å². The summed E-state index contributed by atoms with van der Waals surface area (Å²) in [6, 6.07) is 19.0. The van der Waals surface area contributed by atoms with Gasteiger partial charge in [-0.15, -0.1) is 5.73 Å². The second-order valence-corrected chi connectivity index (χ2v) is 11.7. The van der Waals surface area contributed by atoms with Crippen LogP contribution in [0.1, 0.15) is 129 Å². The Bertz CT molecular complexity index is 1140. The first-order chi connectivity index (χ1) is 20.5. The average Bonchev–Trinajstić information content (AvgIpc) is 3.97. The largest absolute Gasteiger partial charge is 0.307 e. The molecule has 1 nitrogen and oxygen atoms in total. The summed E-state index contributed by atoms with van der Waals surface area (Å²) in [6.07, 6.45) is 17.3. The average molecular weight is 568 g/mol. The molecule has 2 aromatic carbocycles. The number of rotatable bonds is 10. The van der Waals surface area contributed by atoms with Gasteiger partial charge in [-0.2, -0.15) is 0 Å². The molecule has 0 spiro atoms. The lowest BCUT2D eigenvalue weighted by atomic mass is 9.81. The molecule has 0 bridgehead atoms. The highest BCUT2D eigenvalue weighted by molar-refractivity contribution is 5.34. The molecule has 1 saturated carbocycles. The topological polar surface area (TPSA) is 21.9 Å². The summed E-state index contributed by atoms with van der Waals surface area (Å²) >= 11 is 0. The van der Waals surface area contributed by atoms with Crippen molar-refractivity contribution in [2.24, 2.45) is 17.8 Å². The van der Waals surface area contributed by atoms with Crippen LogP contribution in [0.4, 0.5) is 0 Å². The predicted molar refractivity (Wildman–Crippen MR) is 187 cm³/mol. The van der Waals surface area contributed by atoms with E-state index < -0.39 is 0 Å². The highest BCUT2D eigenvalue weighted by Gasteiger charge is 2.41. The Kier molecular flexibility index (Phi) is 16.6. The Labute approximate surface area is 260 Å². The summed E-state index contributed by atoms with van der Waals surface area (Å²) in [7, 11) is 0. The summed E-state index contributed by atoms with van der Waals surface area (Å²) < 4.78 is 0. The van der Waals surface area contributed by atoms with Crippen molar-refractivity contribution in [3.63, 3.8) is 0 Å². The van der Waals surface area contributed by atoms with Crippen molar-refractivity contribution in [2.75, 3.05) is 6.54 Å². The predicted octanol–water partition coefficient (Wildman–Crippen LogP) is 11.7. The number of hydrogen-bond donors (Lipinski definition) is 1. The van der Waals surface area contributed by atoms with Gasteiger partial charge in [0.1, 0.15) is 0 Å². The maximum Gasteiger partial charge on any atom is 0.0447 e. The van der Waals surface area contributed by atoms with E-state index in [9.17, 15) is 0 Å². The summed E-state index contributed by atoms with van der Waals surface area (Å²) in [5.41, 5.74) is 12.3. The van der Waals surface area contributed by atoms with Gasteiger partial charge >= 0.3 is 0 Å². The third-order valence-corrected chi connectivity index (χ3v) is 8.93. The minimum atomic E-state index is 0.653. The van der Waals surface area contributed by atoms with Crippen molar-refractivity contribution in [1.29, 1.82) is 0 Å². The molecule has 1 aliphatic heterocycles. The molecule has 5 rings (SSSR count). The maximum absolute atomic E-state index is 3.30. The number of allylic oxidation sites excluding steroid dienone is 5. The molecule has 0 aromatic heterocycles. The van der Waals surface area contributed by atoms with Gasteiger partial charge in [0.15, 0.2) is 0 Å². The van der Waals surface area contributed by atoms with Crippen LogP contribution < -0.4 is 5.32 Å². The third-order valence-electron chi connectivity index (χ3n) is 8.93. The second-order valence-electron chi connectivity index (χ2n) is 11.7. The van der Waals surface area contributed by atoms with Crippen molar-refractivity contribution >= 4 is 0 Å². The Balaban J connectivity index is 0.000000320. The highest BCUT2D eigenvalue weighted by Crippen LogP contribution is 2.52. The molecule has 5 atom stereocenters. The van der Waals surface area contributed by atoms with Crippen molar-refractivity contribution in [2.45, 2.75) is 119 Å². The summed E-state index contributed by atoms with van der Waals surface area (Å²) in [5, 5.41) is 3.30.